The van der Waals surface area contributed by atoms with E-state index in [-0.39, 0.29) is 17.7 Å². The topological polar surface area (TPSA) is 57.5 Å². The predicted molar refractivity (Wildman–Crippen MR) is 108 cm³/mol. The van der Waals surface area contributed by atoms with E-state index >= 15 is 0 Å². The first-order chi connectivity index (χ1) is 13.0. The number of carbonyl (C=O) groups is 2. The van der Waals surface area contributed by atoms with Gasteiger partial charge in [0.2, 0.25) is 0 Å². The lowest BCUT2D eigenvalue weighted by atomic mass is 9.92. The number of ketones is 1. The summed E-state index contributed by atoms with van der Waals surface area (Å²) in [7, 11) is 0. The molecule has 0 bridgehead atoms. The van der Waals surface area contributed by atoms with Gasteiger partial charge in [0, 0.05) is 25.3 Å². The average Bonchev–Trinajstić information content (AvgIpc) is 2.93. The predicted octanol–water partition coefficient (Wildman–Crippen LogP) is 4.89. The van der Waals surface area contributed by atoms with Crippen LogP contribution in [0.5, 0.6) is 0 Å². The van der Waals surface area contributed by atoms with Gasteiger partial charge in [-0.2, -0.15) is 0 Å². The minimum Gasteiger partial charge on any atom is -0.462 e. The molecule has 0 aromatic carbocycles. The molecule has 1 fully saturated rings. The molecule has 0 N–H and O–H groups in total. The normalized spacial score (nSPS) is 16.1. The standard InChI is InChI=1S/C22H31NO4/c1-6-11-23-18(14-15(4)7-2)19(22(25)27-8-3)16(5)20(23)21(24)17-9-12-26-13-10-17/h6,11,14,17H,7-10,12-13H2,1-5H3/b11-6-,15-14-. The number of Topliss-reactive ketones (excluding diaryl/α,β-unsaturated/α-hetero) is 1. The summed E-state index contributed by atoms with van der Waals surface area (Å²) in [6.07, 6.45) is 8.02. The molecule has 2 rings (SSSR count). The number of rotatable bonds is 7. The summed E-state index contributed by atoms with van der Waals surface area (Å²) in [5.41, 5.74) is 3.61. The molecule has 0 radical (unpaired) electrons. The van der Waals surface area contributed by atoms with Crippen molar-refractivity contribution in [2.24, 2.45) is 5.92 Å². The third-order valence-electron chi connectivity index (χ3n) is 5.03. The molecule has 2 heterocycles. The van der Waals surface area contributed by atoms with Gasteiger partial charge in [-0.25, -0.2) is 4.79 Å². The van der Waals surface area contributed by atoms with Crippen molar-refractivity contribution in [1.29, 1.82) is 0 Å². The van der Waals surface area contributed by atoms with Crippen molar-refractivity contribution in [3.8, 4) is 0 Å². The van der Waals surface area contributed by atoms with Gasteiger partial charge in [0.25, 0.3) is 0 Å². The second kappa shape index (κ2) is 9.70. The highest BCUT2D eigenvalue weighted by molar-refractivity contribution is 6.05. The Morgan fingerprint density at radius 3 is 2.48 bits per heavy atom. The van der Waals surface area contributed by atoms with E-state index < -0.39 is 0 Å². The first kappa shape index (κ1) is 21.2. The molecule has 27 heavy (non-hydrogen) atoms. The first-order valence-corrected chi connectivity index (χ1v) is 9.79. The van der Waals surface area contributed by atoms with Crippen LogP contribution in [-0.4, -0.2) is 36.1 Å². The van der Waals surface area contributed by atoms with Crippen molar-refractivity contribution >= 4 is 24.0 Å². The number of esters is 1. The van der Waals surface area contributed by atoms with E-state index in [4.69, 9.17) is 9.47 Å². The zero-order valence-corrected chi connectivity index (χ0v) is 17.1. The van der Waals surface area contributed by atoms with E-state index in [9.17, 15) is 9.59 Å². The van der Waals surface area contributed by atoms with E-state index in [0.29, 0.717) is 49.5 Å². The largest absolute Gasteiger partial charge is 0.462 e. The number of aromatic nitrogens is 1. The van der Waals surface area contributed by atoms with E-state index in [1.807, 2.05) is 43.7 Å². The minimum atomic E-state index is -0.380. The molecule has 0 spiro atoms. The monoisotopic (exact) mass is 373 g/mol. The van der Waals surface area contributed by atoms with Crippen LogP contribution in [0.2, 0.25) is 0 Å². The van der Waals surface area contributed by atoms with Gasteiger partial charge in [0.1, 0.15) is 0 Å². The fraction of sp³-hybridized carbons (Fsp3) is 0.545. The first-order valence-electron chi connectivity index (χ1n) is 9.79. The van der Waals surface area contributed by atoms with Gasteiger partial charge in [0.15, 0.2) is 5.78 Å². The quantitative estimate of drug-likeness (QED) is 0.504. The summed E-state index contributed by atoms with van der Waals surface area (Å²) >= 11 is 0. The van der Waals surface area contributed by atoms with Crippen molar-refractivity contribution in [1.82, 2.24) is 4.57 Å². The van der Waals surface area contributed by atoms with E-state index in [2.05, 4.69) is 6.92 Å². The molecule has 1 saturated heterocycles. The molecule has 1 aliphatic heterocycles. The maximum Gasteiger partial charge on any atom is 0.340 e. The number of ether oxygens (including phenoxy) is 2. The van der Waals surface area contributed by atoms with Gasteiger partial charge in [-0.05, 0) is 58.6 Å². The number of hydrogen-bond donors (Lipinski definition) is 0. The molecule has 0 amide bonds. The summed E-state index contributed by atoms with van der Waals surface area (Å²) in [6.45, 7) is 11.1. The second-order valence-electron chi connectivity index (χ2n) is 6.90. The summed E-state index contributed by atoms with van der Waals surface area (Å²) in [6, 6.07) is 0. The molecule has 0 saturated carbocycles. The van der Waals surface area contributed by atoms with Gasteiger partial charge >= 0.3 is 5.97 Å². The van der Waals surface area contributed by atoms with E-state index in [1.54, 1.807) is 6.92 Å². The Labute approximate surface area is 162 Å². The van der Waals surface area contributed by atoms with E-state index in [1.165, 1.54) is 0 Å². The SMILES string of the molecule is C/C=C\n1c(/C=C(/C)CC)c(C(=O)OCC)c(C)c1C(=O)C1CCOCC1. The highest BCUT2D eigenvalue weighted by atomic mass is 16.5. The molecule has 1 aromatic rings. The van der Waals surface area contributed by atoms with Gasteiger partial charge in [-0.3, -0.25) is 4.79 Å². The van der Waals surface area contributed by atoms with Crippen LogP contribution < -0.4 is 0 Å². The molecule has 148 valence electrons. The Morgan fingerprint density at radius 2 is 1.93 bits per heavy atom. The summed E-state index contributed by atoms with van der Waals surface area (Å²) in [5.74, 6) is -0.377. The molecule has 1 aromatic heterocycles. The molecular formula is C22H31NO4. The van der Waals surface area contributed by atoms with Crippen molar-refractivity contribution in [3.05, 3.63) is 34.2 Å². The molecule has 5 heteroatoms. The lowest BCUT2D eigenvalue weighted by molar-refractivity contribution is 0.0525. The van der Waals surface area contributed by atoms with Crippen molar-refractivity contribution in [2.45, 2.75) is 53.9 Å². The minimum absolute atomic E-state index is 0.0736. The summed E-state index contributed by atoms with van der Waals surface area (Å²) in [5, 5.41) is 0. The maximum absolute atomic E-state index is 13.3. The molecule has 0 unspecified atom stereocenters. The third kappa shape index (κ3) is 4.59. The van der Waals surface area contributed by atoms with Crippen LogP contribution in [-0.2, 0) is 9.47 Å². The number of allylic oxidation sites excluding steroid dienone is 2. The summed E-state index contributed by atoms with van der Waals surface area (Å²) < 4.78 is 12.6. The van der Waals surface area contributed by atoms with Crippen molar-refractivity contribution < 1.29 is 19.1 Å². The van der Waals surface area contributed by atoms with Gasteiger partial charge in [-0.1, -0.05) is 18.6 Å². The van der Waals surface area contributed by atoms with Crippen LogP contribution in [0, 0.1) is 12.8 Å². The Morgan fingerprint density at radius 1 is 1.26 bits per heavy atom. The van der Waals surface area contributed by atoms with Gasteiger partial charge in [-0.15, -0.1) is 0 Å². The van der Waals surface area contributed by atoms with Crippen LogP contribution in [0.4, 0.5) is 0 Å². The van der Waals surface area contributed by atoms with Crippen LogP contribution in [0.1, 0.15) is 79.1 Å². The fourth-order valence-corrected chi connectivity index (χ4v) is 3.43. The molecule has 5 nitrogen and oxygen atoms in total. The Hall–Kier alpha value is -2.14. The highest BCUT2D eigenvalue weighted by Gasteiger charge is 2.32. The fourth-order valence-electron chi connectivity index (χ4n) is 3.43. The summed E-state index contributed by atoms with van der Waals surface area (Å²) in [4.78, 5) is 26.0. The molecule has 0 aliphatic carbocycles. The lowest BCUT2D eigenvalue weighted by Gasteiger charge is -2.21. The number of hydrogen-bond acceptors (Lipinski definition) is 4. The van der Waals surface area contributed by atoms with E-state index in [0.717, 1.165) is 17.7 Å². The van der Waals surface area contributed by atoms with Crippen LogP contribution >= 0.6 is 0 Å². The van der Waals surface area contributed by atoms with Crippen molar-refractivity contribution in [3.63, 3.8) is 0 Å². The molecular weight excluding hydrogens is 342 g/mol. The zero-order chi connectivity index (χ0) is 20.0. The number of nitrogens with zero attached hydrogens (tertiary/aromatic N) is 1. The van der Waals surface area contributed by atoms with Crippen LogP contribution in [0.25, 0.3) is 12.3 Å². The number of carbonyl (C=O) groups excluding carboxylic acids is 2. The highest BCUT2D eigenvalue weighted by Crippen LogP contribution is 2.31. The van der Waals surface area contributed by atoms with Crippen LogP contribution in [0.15, 0.2) is 11.6 Å². The van der Waals surface area contributed by atoms with Gasteiger partial charge < -0.3 is 14.0 Å². The Bertz CT molecular complexity index is 749. The molecule has 1 aliphatic rings. The van der Waals surface area contributed by atoms with Gasteiger partial charge in [0.05, 0.1) is 23.6 Å². The van der Waals surface area contributed by atoms with Crippen LogP contribution in [0.3, 0.4) is 0 Å². The zero-order valence-electron chi connectivity index (χ0n) is 17.1. The lowest BCUT2D eigenvalue weighted by Crippen LogP contribution is -2.25. The second-order valence-corrected chi connectivity index (χ2v) is 6.90. The molecule has 0 atom stereocenters. The van der Waals surface area contributed by atoms with Crippen molar-refractivity contribution in [2.75, 3.05) is 19.8 Å². The Balaban J connectivity index is 2.69. The third-order valence-corrected chi connectivity index (χ3v) is 5.03. The maximum atomic E-state index is 13.3. The average molecular weight is 373 g/mol. The Kier molecular flexibility index (Phi) is 7.60. The smallest absolute Gasteiger partial charge is 0.340 e.